The maximum absolute atomic E-state index is 11.9. The highest BCUT2D eigenvalue weighted by Gasteiger charge is 2.17. The van der Waals surface area contributed by atoms with E-state index in [-0.39, 0.29) is 5.91 Å². The van der Waals surface area contributed by atoms with E-state index in [1.807, 2.05) is 24.3 Å². The van der Waals surface area contributed by atoms with E-state index in [1.165, 1.54) is 32.1 Å². The van der Waals surface area contributed by atoms with Crippen LogP contribution >= 0.6 is 15.9 Å². The summed E-state index contributed by atoms with van der Waals surface area (Å²) in [6.07, 6.45) is 6.63. The molecule has 2 rings (SSSR count). The van der Waals surface area contributed by atoms with Crippen LogP contribution in [0.1, 0.15) is 39.0 Å². The van der Waals surface area contributed by atoms with Gasteiger partial charge in [-0.05, 0) is 52.9 Å². The molecule has 0 spiro atoms. The molecule has 21 heavy (non-hydrogen) atoms. The van der Waals surface area contributed by atoms with Crippen LogP contribution in [0.25, 0.3) is 0 Å². The largest absolute Gasteiger partial charge is 0.324 e. The first kappa shape index (κ1) is 16.5. The summed E-state index contributed by atoms with van der Waals surface area (Å²) in [5, 5.41) is 6.16. The number of carbonyl (C=O) groups excluding carboxylic acids is 1. The Balaban J connectivity index is 1.60. The zero-order chi connectivity index (χ0) is 15.1. The third kappa shape index (κ3) is 5.79. The van der Waals surface area contributed by atoms with E-state index in [4.69, 9.17) is 0 Å². The van der Waals surface area contributed by atoms with Gasteiger partial charge in [0.05, 0.1) is 12.2 Å². The summed E-state index contributed by atoms with van der Waals surface area (Å²) in [6, 6.07) is 7.67. The Bertz CT molecular complexity index is 456. The van der Waals surface area contributed by atoms with Crippen molar-refractivity contribution in [3.05, 3.63) is 28.7 Å². The Morgan fingerprint density at radius 2 is 1.95 bits per heavy atom. The van der Waals surface area contributed by atoms with Gasteiger partial charge in [0, 0.05) is 4.47 Å². The molecule has 2 N–H and O–H groups in total. The summed E-state index contributed by atoms with van der Waals surface area (Å²) in [5.41, 5.74) is 0.825. The number of hydrogen-bond acceptors (Lipinski definition) is 2. The third-order valence-corrected chi connectivity index (χ3v) is 4.99. The maximum atomic E-state index is 11.9. The smallest absolute Gasteiger partial charge is 0.238 e. The van der Waals surface area contributed by atoms with Crippen LogP contribution in [0.15, 0.2) is 28.7 Å². The highest BCUT2D eigenvalue weighted by Crippen LogP contribution is 2.29. The zero-order valence-electron chi connectivity index (χ0n) is 12.7. The topological polar surface area (TPSA) is 41.1 Å². The summed E-state index contributed by atoms with van der Waals surface area (Å²) in [5.74, 6) is 1.77. The number of hydrogen-bond donors (Lipinski definition) is 2. The summed E-state index contributed by atoms with van der Waals surface area (Å²) in [4.78, 5) is 11.9. The van der Waals surface area contributed by atoms with Gasteiger partial charge in [-0.1, -0.05) is 44.7 Å². The predicted molar refractivity (Wildman–Crippen MR) is 91.4 cm³/mol. The molecule has 1 amide bonds. The molecule has 116 valence electrons. The molecule has 0 radical (unpaired) electrons. The van der Waals surface area contributed by atoms with E-state index in [2.05, 4.69) is 33.5 Å². The molecule has 0 saturated heterocycles. The number of rotatable bonds is 6. The van der Waals surface area contributed by atoms with Crippen LogP contribution in [0, 0.1) is 11.8 Å². The molecule has 0 aromatic heterocycles. The first-order chi connectivity index (χ1) is 10.1. The number of para-hydroxylation sites is 1. The maximum Gasteiger partial charge on any atom is 0.238 e. The normalized spacial score (nSPS) is 22.0. The van der Waals surface area contributed by atoms with E-state index in [9.17, 15) is 4.79 Å². The molecule has 1 saturated carbocycles. The molecule has 4 heteroatoms. The van der Waals surface area contributed by atoms with E-state index in [1.54, 1.807) is 0 Å². The van der Waals surface area contributed by atoms with Gasteiger partial charge >= 0.3 is 0 Å². The van der Waals surface area contributed by atoms with E-state index >= 15 is 0 Å². The molecule has 3 nitrogen and oxygen atoms in total. The van der Waals surface area contributed by atoms with E-state index < -0.39 is 0 Å². The average Bonchev–Trinajstić information content (AvgIpc) is 2.48. The van der Waals surface area contributed by atoms with Gasteiger partial charge in [-0.3, -0.25) is 4.79 Å². The number of benzene rings is 1. The highest BCUT2D eigenvalue weighted by molar-refractivity contribution is 9.10. The van der Waals surface area contributed by atoms with Crippen molar-refractivity contribution in [3.63, 3.8) is 0 Å². The molecular weight excluding hydrogens is 328 g/mol. The molecule has 0 unspecified atom stereocenters. The van der Waals surface area contributed by atoms with Crippen LogP contribution in [0.2, 0.25) is 0 Å². The van der Waals surface area contributed by atoms with Crippen LogP contribution in [0.5, 0.6) is 0 Å². The minimum Gasteiger partial charge on any atom is -0.324 e. The Hall–Kier alpha value is -0.870. The fourth-order valence-corrected chi connectivity index (χ4v) is 3.27. The van der Waals surface area contributed by atoms with E-state index in [0.29, 0.717) is 6.54 Å². The minimum absolute atomic E-state index is 0.0131. The lowest BCUT2D eigenvalue weighted by Gasteiger charge is -2.26. The molecule has 1 fully saturated rings. The first-order valence-electron chi connectivity index (χ1n) is 7.90. The molecule has 1 aliphatic carbocycles. The van der Waals surface area contributed by atoms with E-state index in [0.717, 1.165) is 28.5 Å². The lowest BCUT2D eigenvalue weighted by molar-refractivity contribution is -0.115. The van der Waals surface area contributed by atoms with Gasteiger partial charge < -0.3 is 10.6 Å². The summed E-state index contributed by atoms with van der Waals surface area (Å²) in [7, 11) is 0. The second-order valence-corrected chi connectivity index (χ2v) is 6.97. The zero-order valence-corrected chi connectivity index (χ0v) is 14.3. The summed E-state index contributed by atoms with van der Waals surface area (Å²) in [6.45, 7) is 3.66. The standard InChI is InChI=1S/C17H25BrN2O/c1-13-6-8-14(9-7-13)10-11-19-12-17(21)20-16-5-3-2-4-15(16)18/h2-5,13-14,19H,6-12H2,1H3,(H,20,21). The molecule has 0 atom stereocenters. The van der Waals surface area contributed by atoms with Gasteiger partial charge in [-0.2, -0.15) is 0 Å². The third-order valence-electron chi connectivity index (χ3n) is 4.30. The second kappa shape index (κ2) is 8.54. The van der Waals surface area contributed by atoms with Gasteiger partial charge in [0.1, 0.15) is 0 Å². The van der Waals surface area contributed by atoms with Crippen LogP contribution in [0.3, 0.4) is 0 Å². The number of amides is 1. The van der Waals surface area contributed by atoms with Crippen molar-refractivity contribution < 1.29 is 4.79 Å². The van der Waals surface area contributed by atoms with Crippen LogP contribution in [-0.4, -0.2) is 19.0 Å². The van der Waals surface area contributed by atoms with Gasteiger partial charge in [-0.15, -0.1) is 0 Å². The van der Waals surface area contributed by atoms with Gasteiger partial charge in [-0.25, -0.2) is 0 Å². The molecule has 0 bridgehead atoms. The lowest BCUT2D eigenvalue weighted by atomic mass is 9.81. The Labute approximate surface area is 136 Å². The SMILES string of the molecule is CC1CCC(CCNCC(=O)Nc2ccccc2Br)CC1. The molecular formula is C17H25BrN2O. The highest BCUT2D eigenvalue weighted by atomic mass is 79.9. The van der Waals surface area contributed by atoms with Crippen LogP contribution in [-0.2, 0) is 4.79 Å². The fourth-order valence-electron chi connectivity index (χ4n) is 2.88. The van der Waals surface area contributed by atoms with Gasteiger partial charge in [0.2, 0.25) is 5.91 Å². The van der Waals surface area contributed by atoms with Crippen molar-refractivity contribution >= 4 is 27.5 Å². The second-order valence-electron chi connectivity index (χ2n) is 6.12. The predicted octanol–water partition coefficient (Wildman–Crippen LogP) is 4.19. The first-order valence-corrected chi connectivity index (χ1v) is 8.69. The Morgan fingerprint density at radius 1 is 1.24 bits per heavy atom. The molecule has 1 aromatic rings. The number of carbonyl (C=O) groups is 1. The van der Waals surface area contributed by atoms with Crippen molar-refractivity contribution in [1.82, 2.24) is 5.32 Å². The van der Waals surface area contributed by atoms with Gasteiger partial charge in [0.25, 0.3) is 0 Å². The lowest BCUT2D eigenvalue weighted by Crippen LogP contribution is -2.30. The number of nitrogens with one attached hydrogen (secondary N) is 2. The minimum atomic E-state index is 0.0131. The molecule has 0 heterocycles. The Kier molecular flexibility index (Phi) is 6.71. The van der Waals surface area contributed by atoms with Crippen LogP contribution in [0.4, 0.5) is 5.69 Å². The molecule has 1 aromatic carbocycles. The van der Waals surface area contributed by atoms with Crippen molar-refractivity contribution in [3.8, 4) is 0 Å². The fraction of sp³-hybridized carbons (Fsp3) is 0.588. The van der Waals surface area contributed by atoms with Crippen molar-refractivity contribution in [2.45, 2.75) is 39.0 Å². The number of anilines is 1. The summed E-state index contributed by atoms with van der Waals surface area (Å²) < 4.78 is 0.912. The van der Waals surface area contributed by atoms with Crippen molar-refractivity contribution in [2.75, 3.05) is 18.4 Å². The average molecular weight is 353 g/mol. The summed E-state index contributed by atoms with van der Waals surface area (Å²) >= 11 is 3.43. The Morgan fingerprint density at radius 3 is 2.67 bits per heavy atom. The van der Waals surface area contributed by atoms with Crippen molar-refractivity contribution in [1.29, 1.82) is 0 Å². The monoisotopic (exact) mass is 352 g/mol. The quantitative estimate of drug-likeness (QED) is 0.753. The van der Waals surface area contributed by atoms with Gasteiger partial charge in [0.15, 0.2) is 0 Å². The van der Waals surface area contributed by atoms with Crippen molar-refractivity contribution in [2.24, 2.45) is 11.8 Å². The molecule has 0 aliphatic heterocycles. The number of halogens is 1. The van der Waals surface area contributed by atoms with Crippen LogP contribution < -0.4 is 10.6 Å². The molecule has 1 aliphatic rings.